The molecule has 0 atom stereocenters. The van der Waals surface area contributed by atoms with Gasteiger partial charge in [-0.15, -0.1) is 0 Å². The van der Waals surface area contributed by atoms with Crippen LogP contribution < -0.4 is 5.69 Å². The molecule has 1 N–H and O–H groups in total. The van der Waals surface area contributed by atoms with Crippen molar-refractivity contribution in [3.05, 3.63) is 88.9 Å². The molecule has 30 heavy (non-hydrogen) atoms. The van der Waals surface area contributed by atoms with Gasteiger partial charge in [0, 0.05) is 31.9 Å². The fraction of sp³-hybridized carbons (Fsp3) is 0.250. The molecule has 1 aliphatic rings. The lowest BCUT2D eigenvalue weighted by molar-refractivity contribution is 0.178. The van der Waals surface area contributed by atoms with E-state index in [1.54, 1.807) is 12.1 Å². The van der Waals surface area contributed by atoms with Gasteiger partial charge in [-0.1, -0.05) is 24.3 Å². The topological polar surface area (TPSA) is 53.9 Å². The molecule has 0 aliphatic carbocycles. The lowest BCUT2D eigenvalue weighted by Crippen LogP contribution is -2.36. The van der Waals surface area contributed by atoms with Crippen LogP contribution in [0, 0.1) is 5.82 Å². The minimum atomic E-state index is -0.231. The third-order valence-corrected chi connectivity index (χ3v) is 5.93. The van der Waals surface area contributed by atoms with Gasteiger partial charge in [0.1, 0.15) is 5.82 Å². The molecule has 0 bridgehead atoms. The quantitative estimate of drug-likeness (QED) is 0.552. The van der Waals surface area contributed by atoms with Crippen LogP contribution in [-0.4, -0.2) is 32.5 Å². The summed E-state index contributed by atoms with van der Waals surface area (Å²) in [6.07, 6.45) is 3.67. The number of halogens is 1. The van der Waals surface area contributed by atoms with E-state index < -0.39 is 0 Å². The van der Waals surface area contributed by atoms with Crippen molar-refractivity contribution in [3.63, 3.8) is 0 Å². The molecule has 0 saturated carbocycles. The average molecular weight is 402 g/mol. The van der Waals surface area contributed by atoms with Crippen molar-refractivity contribution >= 4 is 11.0 Å². The van der Waals surface area contributed by atoms with E-state index in [4.69, 9.17) is 0 Å². The monoisotopic (exact) mass is 402 g/mol. The van der Waals surface area contributed by atoms with Gasteiger partial charge >= 0.3 is 5.69 Å². The van der Waals surface area contributed by atoms with Crippen LogP contribution in [0.4, 0.5) is 4.39 Å². The zero-order valence-corrected chi connectivity index (χ0v) is 16.6. The van der Waals surface area contributed by atoms with Crippen LogP contribution in [0.1, 0.15) is 24.6 Å². The molecule has 1 aliphatic heterocycles. The lowest BCUT2D eigenvalue weighted by Gasteiger charge is -2.32. The smallest absolute Gasteiger partial charge is 0.306 e. The third kappa shape index (κ3) is 3.66. The second kappa shape index (κ2) is 7.88. The second-order valence-electron chi connectivity index (χ2n) is 7.87. The molecule has 3 heterocycles. The van der Waals surface area contributed by atoms with E-state index >= 15 is 0 Å². The molecule has 0 amide bonds. The number of H-pyrrole nitrogens is 1. The summed E-state index contributed by atoms with van der Waals surface area (Å²) in [4.78, 5) is 22.3. The first-order valence-electron chi connectivity index (χ1n) is 10.3. The summed E-state index contributed by atoms with van der Waals surface area (Å²) in [6, 6.07) is 18.6. The zero-order chi connectivity index (χ0) is 20.5. The minimum Gasteiger partial charge on any atom is -0.306 e. The zero-order valence-electron chi connectivity index (χ0n) is 16.6. The number of nitrogens with one attached hydrogen (secondary N) is 1. The molecule has 0 unspecified atom stereocenters. The molecule has 1 saturated heterocycles. The van der Waals surface area contributed by atoms with Gasteiger partial charge in [0.25, 0.3) is 0 Å². The molecule has 152 valence electrons. The molecule has 5 nitrogen and oxygen atoms in total. The second-order valence-corrected chi connectivity index (χ2v) is 7.87. The van der Waals surface area contributed by atoms with Crippen LogP contribution in [0.2, 0.25) is 0 Å². The molecular formula is C24H23FN4O. The van der Waals surface area contributed by atoms with E-state index in [0.717, 1.165) is 60.3 Å². The molecular weight excluding hydrogens is 379 g/mol. The number of likely N-dealkylation sites (tertiary alicyclic amines) is 1. The number of piperidine rings is 1. The molecule has 2 aromatic carbocycles. The Morgan fingerprint density at radius 1 is 1.00 bits per heavy atom. The molecule has 4 aromatic rings. The average Bonchev–Trinajstić information content (AvgIpc) is 3.11. The van der Waals surface area contributed by atoms with Crippen molar-refractivity contribution < 1.29 is 4.39 Å². The summed E-state index contributed by atoms with van der Waals surface area (Å²) in [5.41, 5.74) is 4.88. The number of aromatic nitrogens is 3. The van der Waals surface area contributed by atoms with E-state index in [0.29, 0.717) is 0 Å². The van der Waals surface area contributed by atoms with Crippen molar-refractivity contribution in [1.29, 1.82) is 0 Å². The standard InChI is InChI=1S/C24H23FN4O/c25-19-7-5-17(6-8-19)18-9-12-26-20(15-18)16-28-13-10-21(11-14-28)29-23-4-2-1-3-22(23)27-24(29)30/h1-9,12,15,21H,10-11,13-14,16H2,(H,27,30). The van der Waals surface area contributed by atoms with Crippen molar-refractivity contribution in [1.82, 2.24) is 19.4 Å². The number of imidazole rings is 1. The summed E-state index contributed by atoms with van der Waals surface area (Å²) in [5.74, 6) is -0.231. The SMILES string of the molecule is O=c1[nH]c2ccccc2n1C1CCN(Cc2cc(-c3ccc(F)cc3)ccn2)CC1. The molecule has 5 rings (SSSR count). The Kier molecular flexibility index (Phi) is 4.93. The van der Waals surface area contributed by atoms with Crippen LogP contribution in [0.5, 0.6) is 0 Å². The van der Waals surface area contributed by atoms with Crippen molar-refractivity contribution in [2.24, 2.45) is 0 Å². The Morgan fingerprint density at radius 3 is 2.57 bits per heavy atom. The molecule has 6 heteroatoms. The number of benzene rings is 2. The van der Waals surface area contributed by atoms with Crippen molar-refractivity contribution in [3.8, 4) is 11.1 Å². The van der Waals surface area contributed by atoms with E-state index in [1.807, 2.05) is 41.1 Å². The number of nitrogens with zero attached hydrogens (tertiary/aromatic N) is 3. The van der Waals surface area contributed by atoms with Crippen molar-refractivity contribution in [2.75, 3.05) is 13.1 Å². The van der Waals surface area contributed by atoms with Gasteiger partial charge in [0.15, 0.2) is 0 Å². The minimum absolute atomic E-state index is 0.0247. The van der Waals surface area contributed by atoms with Gasteiger partial charge in [-0.05, 0) is 60.4 Å². The van der Waals surface area contributed by atoms with E-state index in [9.17, 15) is 9.18 Å². The highest BCUT2D eigenvalue weighted by molar-refractivity contribution is 5.75. The van der Waals surface area contributed by atoms with Crippen LogP contribution in [-0.2, 0) is 6.54 Å². The maximum atomic E-state index is 13.2. The fourth-order valence-corrected chi connectivity index (χ4v) is 4.39. The van der Waals surface area contributed by atoms with E-state index in [-0.39, 0.29) is 17.5 Å². The number of fused-ring (bicyclic) bond motifs is 1. The number of pyridine rings is 1. The summed E-state index contributed by atoms with van der Waals surface area (Å²) in [5, 5.41) is 0. The largest absolute Gasteiger partial charge is 0.326 e. The third-order valence-electron chi connectivity index (χ3n) is 5.93. The Morgan fingerprint density at radius 2 is 1.77 bits per heavy atom. The maximum Gasteiger partial charge on any atom is 0.326 e. The molecule has 1 fully saturated rings. The predicted octanol–water partition coefficient (Wildman–Crippen LogP) is 4.37. The fourth-order valence-electron chi connectivity index (χ4n) is 4.39. The highest BCUT2D eigenvalue weighted by Gasteiger charge is 2.23. The van der Waals surface area contributed by atoms with Gasteiger partial charge in [-0.3, -0.25) is 14.5 Å². The van der Waals surface area contributed by atoms with Crippen LogP contribution in [0.25, 0.3) is 22.2 Å². The highest BCUT2D eigenvalue weighted by Crippen LogP contribution is 2.26. The first-order chi connectivity index (χ1) is 14.7. The first kappa shape index (κ1) is 18.8. The number of hydrogen-bond acceptors (Lipinski definition) is 3. The molecule has 2 aromatic heterocycles. The van der Waals surface area contributed by atoms with Gasteiger partial charge in [0.05, 0.1) is 16.7 Å². The van der Waals surface area contributed by atoms with Gasteiger partial charge < -0.3 is 4.98 Å². The van der Waals surface area contributed by atoms with Crippen LogP contribution >= 0.6 is 0 Å². The number of rotatable bonds is 4. The van der Waals surface area contributed by atoms with Crippen LogP contribution in [0.3, 0.4) is 0 Å². The molecule has 0 radical (unpaired) electrons. The molecule has 0 spiro atoms. The Balaban J connectivity index is 1.27. The van der Waals surface area contributed by atoms with Gasteiger partial charge in [0.2, 0.25) is 0 Å². The van der Waals surface area contributed by atoms with Gasteiger partial charge in [-0.2, -0.15) is 0 Å². The summed E-state index contributed by atoms with van der Waals surface area (Å²) >= 11 is 0. The maximum absolute atomic E-state index is 13.2. The summed E-state index contributed by atoms with van der Waals surface area (Å²) < 4.78 is 15.1. The van der Waals surface area contributed by atoms with Crippen LogP contribution in [0.15, 0.2) is 71.7 Å². The van der Waals surface area contributed by atoms with E-state index in [1.165, 1.54) is 12.1 Å². The summed E-state index contributed by atoms with van der Waals surface area (Å²) in [6.45, 7) is 2.60. The first-order valence-corrected chi connectivity index (χ1v) is 10.3. The van der Waals surface area contributed by atoms with Crippen molar-refractivity contribution in [2.45, 2.75) is 25.4 Å². The normalized spacial score (nSPS) is 15.6. The van der Waals surface area contributed by atoms with E-state index in [2.05, 4.69) is 20.9 Å². The van der Waals surface area contributed by atoms with Gasteiger partial charge in [-0.25, -0.2) is 9.18 Å². The number of hydrogen-bond donors (Lipinski definition) is 1. The Bertz CT molecular complexity index is 1220. The Labute approximate surface area is 173 Å². The highest BCUT2D eigenvalue weighted by atomic mass is 19.1. The Hall–Kier alpha value is -3.25. The summed E-state index contributed by atoms with van der Waals surface area (Å²) in [7, 11) is 0. The number of para-hydroxylation sites is 2. The predicted molar refractivity (Wildman–Crippen MR) is 116 cm³/mol. The lowest BCUT2D eigenvalue weighted by atomic mass is 10.0. The number of aromatic amines is 1.